The molecule has 0 unspecified atom stereocenters. The zero-order valence-electron chi connectivity index (χ0n) is 5.58. The van der Waals surface area contributed by atoms with Crippen molar-refractivity contribution < 1.29 is 4.79 Å². The van der Waals surface area contributed by atoms with Crippen molar-refractivity contribution >= 4 is 35.8 Å². The summed E-state index contributed by atoms with van der Waals surface area (Å²) >= 11 is 5.38. The van der Waals surface area contributed by atoms with Crippen LogP contribution in [0.25, 0.3) is 0 Å². The van der Waals surface area contributed by atoms with Gasteiger partial charge in [0.2, 0.25) is 0 Å². The van der Waals surface area contributed by atoms with Crippen LogP contribution in [-0.4, -0.2) is 19.8 Å². The Morgan fingerprint density at radius 1 is 1.36 bits per heavy atom. The van der Waals surface area contributed by atoms with E-state index in [0.29, 0.717) is 5.02 Å². The first-order valence-corrected chi connectivity index (χ1v) is 5.00. The van der Waals surface area contributed by atoms with E-state index in [4.69, 9.17) is 17.3 Å². The van der Waals surface area contributed by atoms with Crippen molar-refractivity contribution in [2.24, 2.45) is 5.73 Å². The van der Waals surface area contributed by atoms with E-state index in [1.54, 1.807) is 12.1 Å². The van der Waals surface area contributed by atoms with Crippen molar-refractivity contribution in [3.63, 3.8) is 0 Å². The van der Waals surface area contributed by atoms with E-state index >= 15 is 0 Å². The summed E-state index contributed by atoms with van der Waals surface area (Å²) < 4.78 is 0.953. The average molecular weight is 235 g/mol. The SMILES string of the molecule is NC(=O)[Se]c1ccc(Cl)cc1. The number of halogens is 1. The van der Waals surface area contributed by atoms with Crippen molar-refractivity contribution in [1.29, 1.82) is 0 Å². The summed E-state index contributed by atoms with van der Waals surface area (Å²) in [6.07, 6.45) is 0. The first-order valence-electron chi connectivity index (χ1n) is 2.91. The quantitative estimate of drug-likeness (QED) is 0.754. The number of hydrogen-bond acceptors (Lipinski definition) is 1. The van der Waals surface area contributed by atoms with Gasteiger partial charge in [-0.1, -0.05) is 0 Å². The van der Waals surface area contributed by atoms with Gasteiger partial charge >= 0.3 is 75.6 Å². The molecule has 0 aromatic heterocycles. The first kappa shape index (κ1) is 8.59. The second kappa shape index (κ2) is 3.77. The van der Waals surface area contributed by atoms with Crippen LogP contribution < -0.4 is 10.2 Å². The van der Waals surface area contributed by atoms with E-state index in [1.165, 1.54) is 0 Å². The second-order valence-electron chi connectivity index (χ2n) is 1.88. The molecule has 1 aromatic rings. The topological polar surface area (TPSA) is 43.1 Å². The molecule has 0 saturated carbocycles. The molecule has 0 bridgehead atoms. The zero-order valence-corrected chi connectivity index (χ0v) is 8.05. The van der Waals surface area contributed by atoms with Crippen LogP contribution in [0.4, 0.5) is 4.79 Å². The third-order valence-corrected chi connectivity index (χ3v) is 2.77. The fourth-order valence-electron chi connectivity index (χ4n) is 0.619. The van der Waals surface area contributed by atoms with Crippen LogP contribution in [0.3, 0.4) is 0 Å². The Hall–Kier alpha value is -0.501. The number of nitrogens with two attached hydrogens (primary N) is 1. The number of amides is 1. The van der Waals surface area contributed by atoms with Gasteiger partial charge in [-0.25, -0.2) is 0 Å². The number of rotatable bonds is 2. The Labute approximate surface area is 75.9 Å². The van der Waals surface area contributed by atoms with Gasteiger partial charge in [0.25, 0.3) is 0 Å². The van der Waals surface area contributed by atoms with Gasteiger partial charge in [-0.3, -0.25) is 0 Å². The fraction of sp³-hybridized carbons (Fsp3) is 0. The average Bonchev–Trinajstić information content (AvgIpc) is 1.93. The second-order valence-corrected chi connectivity index (χ2v) is 4.57. The summed E-state index contributed by atoms with van der Waals surface area (Å²) in [5, 5.41) is 0.675. The summed E-state index contributed by atoms with van der Waals surface area (Å²) in [7, 11) is 0. The molecule has 1 amide bonds. The predicted molar refractivity (Wildman–Crippen MR) is 46.4 cm³/mol. The van der Waals surface area contributed by atoms with Crippen LogP contribution in [0, 0.1) is 0 Å². The Morgan fingerprint density at radius 3 is 2.36 bits per heavy atom. The number of primary amides is 1. The van der Waals surface area contributed by atoms with E-state index in [0.717, 1.165) is 4.46 Å². The van der Waals surface area contributed by atoms with Gasteiger partial charge in [-0.2, -0.15) is 0 Å². The molecule has 11 heavy (non-hydrogen) atoms. The third-order valence-electron chi connectivity index (χ3n) is 1.03. The zero-order chi connectivity index (χ0) is 8.27. The maximum absolute atomic E-state index is 10.5. The van der Waals surface area contributed by atoms with Crippen molar-refractivity contribution in [2.75, 3.05) is 0 Å². The molecule has 0 saturated heterocycles. The van der Waals surface area contributed by atoms with Crippen molar-refractivity contribution in [1.82, 2.24) is 0 Å². The molecule has 0 radical (unpaired) electrons. The number of hydrogen-bond donors (Lipinski definition) is 1. The van der Waals surface area contributed by atoms with E-state index < -0.39 is 0 Å². The molecule has 58 valence electrons. The van der Waals surface area contributed by atoms with Crippen molar-refractivity contribution in [3.05, 3.63) is 29.3 Å². The van der Waals surface area contributed by atoms with E-state index in [1.807, 2.05) is 12.1 Å². The summed E-state index contributed by atoms with van der Waals surface area (Å²) in [5.74, 6) is 0. The Morgan fingerprint density at radius 2 is 1.91 bits per heavy atom. The van der Waals surface area contributed by atoms with Crippen molar-refractivity contribution in [3.8, 4) is 0 Å². The molecule has 0 aliphatic heterocycles. The predicted octanol–water partition coefficient (Wildman–Crippen LogP) is 0.748. The van der Waals surface area contributed by atoms with Gasteiger partial charge in [-0.15, -0.1) is 0 Å². The van der Waals surface area contributed by atoms with Crippen molar-refractivity contribution in [2.45, 2.75) is 0 Å². The minimum absolute atomic E-state index is 0.259. The number of carbonyl (C=O) groups excluding carboxylic acids is 1. The van der Waals surface area contributed by atoms with Crippen LogP contribution in [0.15, 0.2) is 24.3 Å². The van der Waals surface area contributed by atoms with Gasteiger partial charge in [-0.05, 0) is 0 Å². The fourth-order valence-corrected chi connectivity index (χ4v) is 1.80. The molecule has 2 nitrogen and oxygen atoms in total. The molecule has 2 N–H and O–H groups in total. The molecule has 0 spiro atoms. The van der Waals surface area contributed by atoms with Gasteiger partial charge in [0.05, 0.1) is 0 Å². The summed E-state index contributed by atoms with van der Waals surface area (Å²) in [5.41, 5.74) is 5.02. The number of carbonyl (C=O) groups is 1. The van der Waals surface area contributed by atoms with Crippen LogP contribution in [0.1, 0.15) is 0 Å². The first-order chi connectivity index (χ1) is 5.18. The third kappa shape index (κ3) is 2.93. The Bertz CT molecular complexity index is 260. The molecule has 4 heteroatoms. The van der Waals surface area contributed by atoms with Crippen LogP contribution in [0.2, 0.25) is 5.02 Å². The maximum atomic E-state index is 10.5. The van der Waals surface area contributed by atoms with Crippen LogP contribution >= 0.6 is 11.6 Å². The van der Waals surface area contributed by atoms with Gasteiger partial charge < -0.3 is 0 Å². The molecule has 0 fully saturated rings. The van der Waals surface area contributed by atoms with E-state index in [9.17, 15) is 4.79 Å². The van der Waals surface area contributed by atoms with Crippen LogP contribution in [-0.2, 0) is 0 Å². The molecule has 1 aromatic carbocycles. The minimum atomic E-state index is -0.264. The molecule has 0 atom stereocenters. The molecule has 0 aliphatic carbocycles. The molecule has 0 aliphatic rings. The van der Waals surface area contributed by atoms with E-state index in [2.05, 4.69) is 0 Å². The van der Waals surface area contributed by atoms with Crippen LogP contribution in [0.5, 0.6) is 0 Å². The van der Waals surface area contributed by atoms with Gasteiger partial charge in [0, 0.05) is 0 Å². The normalized spacial score (nSPS) is 9.55. The summed E-state index contributed by atoms with van der Waals surface area (Å²) in [4.78, 5) is 10.2. The summed E-state index contributed by atoms with van der Waals surface area (Å²) in [6.45, 7) is 0. The monoisotopic (exact) mass is 235 g/mol. The van der Waals surface area contributed by atoms with Gasteiger partial charge in [0.1, 0.15) is 0 Å². The summed E-state index contributed by atoms with van der Waals surface area (Å²) in [6, 6.07) is 7.13. The molecular formula is C7H6ClNOSe. The standard InChI is InChI=1S/C7H6ClNOSe/c8-5-1-3-6(4-2-5)11-7(9)10/h1-4H,(H2,9,10). The molecular weight excluding hydrogens is 228 g/mol. The van der Waals surface area contributed by atoms with Gasteiger partial charge in [0.15, 0.2) is 0 Å². The molecule has 1 rings (SSSR count). The Kier molecular flexibility index (Phi) is 2.94. The number of benzene rings is 1. The molecule has 0 heterocycles. The van der Waals surface area contributed by atoms with E-state index in [-0.39, 0.29) is 19.8 Å². The Balaban J connectivity index is 2.74.